The summed E-state index contributed by atoms with van der Waals surface area (Å²) in [7, 11) is -2.96. The summed E-state index contributed by atoms with van der Waals surface area (Å²) in [6, 6.07) is 2.03. The van der Waals surface area contributed by atoms with Gasteiger partial charge in [-0.2, -0.15) is 0 Å². The average Bonchev–Trinajstić information content (AvgIpc) is 2.57. The number of pyridine rings is 2. The van der Waals surface area contributed by atoms with Gasteiger partial charge in [-0.05, 0) is 29.9 Å². The Morgan fingerprint density at radius 2 is 2.00 bits per heavy atom. The van der Waals surface area contributed by atoms with E-state index < -0.39 is 9.84 Å². The molecule has 1 saturated heterocycles. The molecule has 0 aromatic carbocycles. The lowest BCUT2D eigenvalue weighted by Gasteiger charge is -2.47. The standard InChI is InChI=1S/C18H24ClN3O2S/c1-5-25(23,24)10-13-9-22(12(13)4)18-16-8-20-17(19)6-14(16)15(7-21-18)11(2)3/h6-8,11-13H,5,9-10H2,1-4H3/t12-,13-/m1/s1. The summed E-state index contributed by atoms with van der Waals surface area (Å²) in [6.45, 7) is 8.72. The van der Waals surface area contributed by atoms with Gasteiger partial charge < -0.3 is 4.90 Å². The Morgan fingerprint density at radius 3 is 2.60 bits per heavy atom. The van der Waals surface area contributed by atoms with Crippen LogP contribution in [-0.4, -0.2) is 42.5 Å². The van der Waals surface area contributed by atoms with Crippen LogP contribution in [0.1, 0.15) is 39.2 Å². The van der Waals surface area contributed by atoms with Gasteiger partial charge in [0.2, 0.25) is 0 Å². The fourth-order valence-corrected chi connectivity index (χ4v) is 4.84. The lowest BCUT2D eigenvalue weighted by Crippen LogP contribution is -2.57. The van der Waals surface area contributed by atoms with E-state index in [-0.39, 0.29) is 23.5 Å². The molecule has 0 N–H and O–H groups in total. The van der Waals surface area contributed by atoms with Crippen LogP contribution in [0.5, 0.6) is 0 Å². The summed E-state index contributed by atoms with van der Waals surface area (Å²) < 4.78 is 23.8. The van der Waals surface area contributed by atoms with Gasteiger partial charge in [-0.25, -0.2) is 18.4 Å². The van der Waals surface area contributed by atoms with Crippen LogP contribution in [0.4, 0.5) is 5.82 Å². The molecule has 1 aliphatic heterocycles. The summed E-state index contributed by atoms with van der Waals surface area (Å²) in [6.07, 6.45) is 3.68. The Hall–Kier alpha value is -1.40. The number of hydrogen-bond acceptors (Lipinski definition) is 5. The first-order valence-electron chi connectivity index (χ1n) is 8.64. The van der Waals surface area contributed by atoms with Gasteiger partial charge in [0.25, 0.3) is 0 Å². The van der Waals surface area contributed by atoms with E-state index in [9.17, 15) is 8.42 Å². The van der Waals surface area contributed by atoms with Crippen molar-refractivity contribution in [3.8, 4) is 0 Å². The molecular weight excluding hydrogens is 358 g/mol. The fraction of sp³-hybridized carbons (Fsp3) is 0.556. The summed E-state index contributed by atoms with van der Waals surface area (Å²) in [5.41, 5.74) is 1.14. The number of aromatic nitrogens is 2. The number of nitrogens with zero attached hydrogens (tertiary/aromatic N) is 3. The third-order valence-corrected chi connectivity index (χ3v) is 7.18. The predicted octanol–water partition coefficient (Wildman–Crippen LogP) is 3.67. The zero-order chi connectivity index (χ0) is 18.4. The SMILES string of the molecule is CCS(=O)(=O)C[C@H]1CN(c2ncc(C(C)C)c3cc(Cl)ncc23)[C@@H]1C. The van der Waals surface area contributed by atoms with Crippen molar-refractivity contribution in [3.05, 3.63) is 29.2 Å². The third-order valence-electron chi connectivity index (χ3n) is 5.16. The molecule has 2 atom stereocenters. The van der Waals surface area contributed by atoms with Gasteiger partial charge in [0.15, 0.2) is 0 Å². The summed E-state index contributed by atoms with van der Waals surface area (Å²) in [5, 5.41) is 2.51. The highest BCUT2D eigenvalue weighted by atomic mass is 35.5. The van der Waals surface area contributed by atoms with E-state index in [1.54, 1.807) is 13.1 Å². The van der Waals surface area contributed by atoms with E-state index in [0.717, 1.165) is 22.2 Å². The van der Waals surface area contributed by atoms with E-state index in [2.05, 4.69) is 35.6 Å². The fourth-order valence-electron chi connectivity index (χ4n) is 3.41. The Morgan fingerprint density at radius 1 is 1.28 bits per heavy atom. The topological polar surface area (TPSA) is 63.2 Å². The second-order valence-corrected chi connectivity index (χ2v) is 9.88. The van der Waals surface area contributed by atoms with Crippen molar-refractivity contribution in [2.45, 2.75) is 39.7 Å². The average molecular weight is 382 g/mol. The molecular formula is C18H24ClN3O2S. The molecule has 0 bridgehead atoms. The van der Waals surface area contributed by atoms with Crippen molar-refractivity contribution < 1.29 is 8.42 Å². The molecule has 1 aliphatic rings. The first kappa shape index (κ1) is 18.4. The third kappa shape index (κ3) is 3.47. The normalized spacial score (nSPS) is 21.0. The largest absolute Gasteiger partial charge is 0.353 e. The minimum absolute atomic E-state index is 0.137. The Balaban J connectivity index is 1.95. The second kappa shape index (κ2) is 6.72. The van der Waals surface area contributed by atoms with E-state index in [0.29, 0.717) is 17.6 Å². The lowest BCUT2D eigenvalue weighted by atomic mass is 9.90. The van der Waals surface area contributed by atoms with Crippen molar-refractivity contribution in [2.24, 2.45) is 5.92 Å². The number of fused-ring (bicyclic) bond motifs is 1. The van der Waals surface area contributed by atoms with Gasteiger partial charge in [0.05, 0.1) is 5.75 Å². The van der Waals surface area contributed by atoms with Crippen LogP contribution >= 0.6 is 11.6 Å². The first-order valence-corrected chi connectivity index (χ1v) is 10.8. The summed E-state index contributed by atoms with van der Waals surface area (Å²) >= 11 is 6.10. The van der Waals surface area contributed by atoms with Gasteiger partial charge in [0, 0.05) is 42.0 Å². The molecule has 0 spiro atoms. The monoisotopic (exact) mass is 381 g/mol. The molecule has 1 fully saturated rings. The molecule has 0 amide bonds. The predicted molar refractivity (Wildman–Crippen MR) is 103 cm³/mol. The van der Waals surface area contributed by atoms with Crippen molar-refractivity contribution in [1.29, 1.82) is 0 Å². The molecule has 0 unspecified atom stereocenters. The number of hydrogen-bond donors (Lipinski definition) is 0. The Labute approximate surface area is 154 Å². The van der Waals surface area contributed by atoms with Gasteiger partial charge >= 0.3 is 0 Å². The number of sulfone groups is 1. The maximum absolute atomic E-state index is 11.9. The molecule has 5 nitrogen and oxygen atoms in total. The number of halogens is 1. The molecule has 3 heterocycles. The second-order valence-electron chi connectivity index (χ2n) is 7.10. The van der Waals surface area contributed by atoms with Crippen molar-refractivity contribution in [3.63, 3.8) is 0 Å². The summed E-state index contributed by atoms with van der Waals surface area (Å²) in [5.74, 6) is 1.78. The van der Waals surface area contributed by atoms with Gasteiger partial charge in [-0.3, -0.25) is 0 Å². The molecule has 3 rings (SSSR count). The molecule has 136 valence electrons. The quantitative estimate of drug-likeness (QED) is 0.739. The van der Waals surface area contributed by atoms with Crippen LogP contribution in [0.2, 0.25) is 5.15 Å². The van der Waals surface area contributed by atoms with Crippen molar-refractivity contribution in [1.82, 2.24) is 9.97 Å². The maximum atomic E-state index is 11.9. The maximum Gasteiger partial charge on any atom is 0.150 e. The minimum Gasteiger partial charge on any atom is -0.353 e. The molecule has 0 aliphatic carbocycles. The van der Waals surface area contributed by atoms with Crippen molar-refractivity contribution in [2.75, 3.05) is 23.0 Å². The van der Waals surface area contributed by atoms with E-state index in [1.807, 2.05) is 12.3 Å². The van der Waals surface area contributed by atoms with Crippen LogP contribution < -0.4 is 4.90 Å². The molecule has 7 heteroatoms. The molecule has 2 aromatic heterocycles. The van der Waals surface area contributed by atoms with E-state index >= 15 is 0 Å². The lowest BCUT2D eigenvalue weighted by molar-refractivity contribution is 0.339. The zero-order valence-electron chi connectivity index (χ0n) is 15.0. The Bertz CT molecular complexity index is 899. The number of anilines is 1. The van der Waals surface area contributed by atoms with E-state index in [1.165, 1.54) is 0 Å². The van der Waals surface area contributed by atoms with Gasteiger partial charge in [-0.1, -0.05) is 32.4 Å². The van der Waals surface area contributed by atoms with Crippen LogP contribution in [0.25, 0.3) is 10.8 Å². The van der Waals surface area contributed by atoms with Gasteiger partial charge in [-0.15, -0.1) is 0 Å². The zero-order valence-corrected chi connectivity index (χ0v) is 16.6. The highest BCUT2D eigenvalue weighted by Gasteiger charge is 2.39. The van der Waals surface area contributed by atoms with Gasteiger partial charge in [0.1, 0.15) is 20.8 Å². The smallest absolute Gasteiger partial charge is 0.150 e. The Kier molecular flexibility index (Phi) is 4.95. The molecule has 0 saturated carbocycles. The van der Waals surface area contributed by atoms with Crippen LogP contribution in [0, 0.1) is 5.92 Å². The number of rotatable bonds is 5. The highest BCUT2D eigenvalue weighted by Crippen LogP contribution is 2.37. The molecule has 25 heavy (non-hydrogen) atoms. The molecule has 0 radical (unpaired) electrons. The first-order chi connectivity index (χ1) is 11.7. The van der Waals surface area contributed by atoms with Crippen LogP contribution in [0.15, 0.2) is 18.5 Å². The minimum atomic E-state index is -2.96. The molecule has 2 aromatic rings. The van der Waals surface area contributed by atoms with Crippen LogP contribution in [-0.2, 0) is 9.84 Å². The van der Waals surface area contributed by atoms with Crippen LogP contribution in [0.3, 0.4) is 0 Å². The summed E-state index contributed by atoms with van der Waals surface area (Å²) in [4.78, 5) is 11.1. The van der Waals surface area contributed by atoms with Crippen molar-refractivity contribution >= 4 is 38.0 Å². The van der Waals surface area contributed by atoms with E-state index in [4.69, 9.17) is 11.6 Å². The highest BCUT2D eigenvalue weighted by molar-refractivity contribution is 7.91.